The van der Waals surface area contributed by atoms with Crippen LogP contribution < -0.4 is 10.7 Å². The molecule has 0 fully saturated rings. The molecular formula is C17H12N2O4. The summed E-state index contributed by atoms with van der Waals surface area (Å²) in [6, 6.07) is 14.6. The zero-order chi connectivity index (χ0) is 16.4. The minimum atomic E-state index is -1.37. The molecule has 0 radical (unpaired) electrons. The van der Waals surface area contributed by atoms with Gasteiger partial charge >= 0.3 is 12.0 Å². The number of fused-ring (bicyclic) bond motifs is 1. The first kappa shape index (κ1) is 14.5. The van der Waals surface area contributed by atoms with Crippen LogP contribution in [-0.4, -0.2) is 21.7 Å². The number of aromatic carboxylic acids is 1. The number of hydrogen-bond donors (Lipinski definition) is 2. The fraction of sp³-hybridized carbons (Fsp3) is 0. The first-order valence-electron chi connectivity index (χ1n) is 6.82. The molecule has 0 aliphatic rings. The van der Waals surface area contributed by atoms with Crippen LogP contribution in [0.5, 0.6) is 0 Å². The number of carbonyl (C=O) groups is 2. The molecule has 2 N–H and O–H groups in total. The molecule has 0 spiro atoms. The normalized spacial score (nSPS) is 10.4. The second-order valence-corrected chi connectivity index (χ2v) is 4.86. The lowest BCUT2D eigenvalue weighted by Crippen LogP contribution is -2.25. The topological polar surface area (TPSA) is 88.4 Å². The van der Waals surface area contributed by atoms with Crippen LogP contribution >= 0.6 is 0 Å². The molecule has 1 heterocycles. The molecule has 0 unspecified atom stereocenters. The predicted octanol–water partition coefficient (Wildman–Crippen LogP) is 2.78. The number of amides is 1. The van der Waals surface area contributed by atoms with Gasteiger partial charge in [-0.1, -0.05) is 30.3 Å². The molecule has 0 saturated carbocycles. The van der Waals surface area contributed by atoms with Gasteiger partial charge in [0.15, 0.2) is 0 Å². The second-order valence-electron chi connectivity index (χ2n) is 4.86. The summed E-state index contributed by atoms with van der Waals surface area (Å²) < 4.78 is 1.13. The van der Waals surface area contributed by atoms with Crippen molar-refractivity contribution in [1.29, 1.82) is 0 Å². The van der Waals surface area contributed by atoms with E-state index in [2.05, 4.69) is 5.32 Å². The standard InChI is InChI=1S/C17H12N2O4/c20-15-12-8-4-5-9-14(12)19(10-13(15)16(21)22)17(23)18-11-6-2-1-3-7-11/h1-10H,(H,18,23)(H,21,22). The number of nitrogens with zero attached hydrogens (tertiary/aromatic N) is 1. The lowest BCUT2D eigenvalue weighted by molar-refractivity contribution is 0.0695. The fourth-order valence-electron chi connectivity index (χ4n) is 2.30. The van der Waals surface area contributed by atoms with Crippen molar-refractivity contribution in [2.75, 3.05) is 5.32 Å². The highest BCUT2D eigenvalue weighted by Crippen LogP contribution is 2.13. The van der Waals surface area contributed by atoms with Gasteiger partial charge in [-0.2, -0.15) is 0 Å². The summed E-state index contributed by atoms with van der Waals surface area (Å²) in [5.41, 5.74) is -0.156. The molecule has 6 heteroatoms. The highest BCUT2D eigenvalue weighted by molar-refractivity contribution is 6.00. The molecule has 0 aliphatic heterocycles. The van der Waals surface area contributed by atoms with Crippen LogP contribution in [0.4, 0.5) is 10.5 Å². The van der Waals surface area contributed by atoms with E-state index < -0.39 is 23.0 Å². The Bertz CT molecular complexity index is 961. The zero-order valence-electron chi connectivity index (χ0n) is 11.9. The number of carboxylic acids is 1. The van der Waals surface area contributed by atoms with Crippen LogP contribution in [0.25, 0.3) is 10.9 Å². The minimum absolute atomic E-state index is 0.176. The van der Waals surface area contributed by atoms with E-state index in [1.165, 1.54) is 6.07 Å². The molecule has 1 aromatic heterocycles. The Balaban J connectivity index is 2.16. The third kappa shape index (κ3) is 2.69. The van der Waals surface area contributed by atoms with E-state index >= 15 is 0 Å². The van der Waals surface area contributed by atoms with Crippen molar-refractivity contribution < 1.29 is 14.7 Å². The molecular weight excluding hydrogens is 296 g/mol. The molecule has 0 saturated heterocycles. The Morgan fingerprint density at radius 3 is 2.30 bits per heavy atom. The highest BCUT2D eigenvalue weighted by atomic mass is 16.4. The lowest BCUT2D eigenvalue weighted by Gasteiger charge is -2.12. The van der Waals surface area contributed by atoms with Crippen molar-refractivity contribution in [3.05, 3.63) is 76.6 Å². The summed E-state index contributed by atoms with van der Waals surface area (Å²) in [5.74, 6) is -1.37. The van der Waals surface area contributed by atoms with Crippen LogP contribution in [0, 0.1) is 0 Å². The maximum Gasteiger partial charge on any atom is 0.341 e. The SMILES string of the molecule is O=C(O)c1cn(C(=O)Nc2ccccc2)c2ccccc2c1=O. The zero-order valence-corrected chi connectivity index (χ0v) is 11.9. The molecule has 0 bridgehead atoms. The number of pyridine rings is 1. The van der Waals surface area contributed by atoms with Crippen molar-refractivity contribution in [1.82, 2.24) is 4.57 Å². The number of carboxylic acid groups (broad SMARTS) is 1. The van der Waals surface area contributed by atoms with Gasteiger partial charge in [-0.05, 0) is 24.3 Å². The van der Waals surface area contributed by atoms with Gasteiger partial charge in [-0.3, -0.25) is 9.36 Å². The number of para-hydroxylation sites is 2. The molecule has 3 rings (SSSR count). The summed E-state index contributed by atoms with van der Waals surface area (Å²) in [4.78, 5) is 35.9. The van der Waals surface area contributed by atoms with E-state index in [1.807, 2.05) is 6.07 Å². The van der Waals surface area contributed by atoms with Crippen LogP contribution in [0.15, 0.2) is 65.6 Å². The first-order valence-corrected chi connectivity index (χ1v) is 6.82. The molecule has 3 aromatic rings. The van der Waals surface area contributed by atoms with E-state index in [4.69, 9.17) is 0 Å². The number of rotatable bonds is 2. The summed E-state index contributed by atoms with van der Waals surface area (Å²) in [7, 11) is 0. The largest absolute Gasteiger partial charge is 0.477 e. The van der Waals surface area contributed by atoms with Gasteiger partial charge in [0.2, 0.25) is 5.43 Å². The summed E-state index contributed by atoms with van der Waals surface area (Å²) in [5, 5.41) is 12.0. The number of carbonyl (C=O) groups excluding carboxylic acids is 1. The first-order chi connectivity index (χ1) is 11.1. The van der Waals surface area contributed by atoms with Gasteiger partial charge in [-0.25, -0.2) is 9.59 Å². The maximum atomic E-state index is 12.5. The monoisotopic (exact) mass is 308 g/mol. The Kier molecular flexibility index (Phi) is 3.64. The van der Waals surface area contributed by atoms with Gasteiger partial charge in [0.1, 0.15) is 5.56 Å². The number of nitrogens with one attached hydrogen (secondary N) is 1. The van der Waals surface area contributed by atoms with Crippen molar-refractivity contribution in [3.63, 3.8) is 0 Å². The van der Waals surface area contributed by atoms with Gasteiger partial charge < -0.3 is 10.4 Å². The number of anilines is 1. The molecule has 23 heavy (non-hydrogen) atoms. The molecule has 2 aromatic carbocycles. The Hall–Kier alpha value is -3.41. The van der Waals surface area contributed by atoms with Crippen LogP contribution in [-0.2, 0) is 0 Å². The lowest BCUT2D eigenvalue weighted by atomic mass is 10.1. The summed E-state index contributed by atoms with van der Waals surface area (Å²) >= 11 is 0. The van der Waals surface area contributed by atoms with Crippen molar-refractivity contribution in [3.8, 4) is 0 Å². The third-order valence-electron chi connectivity index (χ3n) is 3.39. The molecule has 1 amide bonds. The Morgan fingerprint density at radius 2 is 1.61 bits per heavy atom. The molecule has 6 nitrogen and oxygen atoms in total. The smallest absolute Gasteiger partial charge is 0.341 e. The summed E-state index contributed by atoms with van der Waals surface area (Å²) in [6.45, 7) is 0. The molecule has 0 atom stereocenters. The number of hydrogen-bond acceptors (Lipinski definition) is 3. The van der Waals surface area contributed by atoms with Crippen LogP contribution in [0.2, 0.25) is 0 Å². The average molecular weight is 308 g/mol. The maximum absolute atomic E-state index is 12.5. The van der Waals surface area contributed by atoms with Crippen LogP contribution in [0.3, 0.4) is 0 Å². The van der Waals surface area contributed by atoms with E-state index in [9.17, 15) is 19.5 Å². The van der Waals surface area contributed by atoms with E-state index in [1.54, 1.807) is 42.5 Å². The van der Waals surface area contributed by atoms with E-state index in [-0.39, 0.29) is 5.39 Å². The van der Waals surface area contributed by atoms with Crippen molar-refractivity contribution >= 4 is 28.6 Å². The molecule has 114 valence electrons. The van der Waals surface area contributed by atoms with E-state index in [0.29, 0.717) is 11.2 Å². The third-order valence-corrected chi connectivity index (χ3v) is 3.39. The predicted molar refractivity (Wildman–Crippen MR) is 86.0 cm³/mol. The minimum Gasteiger partial charge on any atom is -0.477 e. The van der Waals surface area contributed by atoms with Gasteiger partial charge in [0.05, 0.1) is 5.52 Å². The highest BCUT2D eigenvalue weighted by Gasteiger charge is 2.17. The fourth-order valence-corrected chi connectivity index (χ4v) is 2.30. The molecule has 0 aliphatic carbocycles. The summed E-state index contributed by atoms with van der Waals surface area (Å²) in [6.07, 6.45) is 1.05. The average Bonchev–Trinajstić information content (AvgIpc) is 2.56. The van der Waals surface area contributed by atoms with Gasteiger partial charge in [0, 0.05) is 17.3 Å². The van der Waals surface area contributed by atoms with E-state index in [0.717, 1.165) is 10.8 Å². The quantitative estimate of drug-likeness (QED) is 0.762. The second kappa shape index (κ2) is 5.76. The number of benzene rings is 2. The van der Waals surface area contributed by atoms with Gasteiger partial charge in [-0.15, -0.1) is 0 Å². The van der Waals surface area contributed by atoms with Crippen LogP contribution in [0.1, 0.15) is 10.4 Å². The van der Waals surface area contributed by atoms with Crippen molar-refractivity contribution in [2.24, 2.45) is 0 Å². The Labute approximate surface area is 130 Å². The Morgan fingerprint density at radius 1 is 0.957 bits per heavy atom. The van der Waals surface area contributed by atoms with Gasteiger partial charge in [0.25, 0.3) is 0 Å². The number of aromatic nitrogens is 1. The van der Waals surface area contributed by atoms with Crippen molar-refractivity contribution in [2.45, 2.75) is 0 Å².